The van der Waals surface area contributed by atoms with Crippen LogP contribution >= 0.6 is 27.5 Å². The van der Waals surface area contributed by atoms with E-state index in [0.717, 1.165) is 0 Å². The second-order valence-corrected chi connectivity index (χ2v) is 4.68. The third-order valence-electron chi connectivity index (χ3n) is 2.03. The van der Waals surface area contributed by atoms with Gasteiger partial charge in [0.1, 0.15) is 6.61 Å². The quantitative estimate of drug-likeness (QED) is 0.358. The molecule has 1 aromatic rings. The number of ether oxygens (including phenoxy) is 1. The first-order valence-electron chi connectivity index (χ1n) is 4.75. The standard InChI is InChI=1S/C11H11BrClNO3/c1-7(5-13)6-17-11-8(2)3-9(12)4-10(11)14(15)16/h3-4H,1,5-6H2,2H3. The highest BCUT2D eigenvalue weighted by Gasteiger charge is 2.18. The Morgan fingerprint density at radius 3 is 2.82 bits per heavy atom. The number of nitro benzene ring substituents is 1. The van der Waals surface area contributed by atoms with Crippen LogP contribution in [0.5, 0.6) is 5.75 Å². The van der Waals surface area contributed by atoms with Gasteiger partial charge in [-0.25, -0.2) is 0 Å². The van der Waals surface area contributed by atoms with Crippen molar-refractivity contribution >= 4 is 33.2 Å². The van der Waals surface area contributed by atoms with E-state index in [4.69, 9.17) is 16.3 Å². The van der Waals surface area contributed by atoms with E-state index in [0.29, 0.717) is 15.6 Å². The Hall–Kier alpha value is -1.07. The fraction of sp³-hybridized carbons (Fsp3) is 0.273. The predicted molar refractivity (Wildman–Crippen MR) is 70.9 cm³/mol. The molecular weight excluding hydrogens is 309 g/mol. The third-order valence-corrected chi connectivity index (χ3v) is 2.86. The van der Waals surface area contributed by atoms with Gasteiger partial charge in [0.2, 0.25) is 0 Å². The SMILES string of the molecule is C=C(CCl)COc1c(C)cc(Br)cc1[N+](=O)[O-]. The maximum atomic E-state index is 10.9. The topological polar surface area (TPSA) is 52.4 Å². The Balaban J connectivity index is 3.04. The largest absolute Gasteiger partial charge is 0.482 e. The minimum Gasteiger partial charge on any atom is -0.482 e. The van der Waals surface area contributed by atoms with E-state index in [2.05, 4.69) is 22.5 Å². The van der Waals surface area contributed by atoms with Crippen LogP contribution < -0.4 is 4.74 Å². The molecule has 0 heterocycles. The van der Waals surface area contributed by atoms with Gasteiger partial charge in [0, 0.05) is 16.4 Å². The Kier molecular flexibility index (Phi) is 4.96. The fourth-order valence-electron chi connectivity index (χ4n) is 1.25. The van der Waals surface area contributed by atoms with Gasteiger partial charge in [0.15, 0.2) is 5.75 Å². The third kappa shape index (κ3) is 3.71. The van der Waals surface area contributed by atoms with Crippen molar-refractivity contribution in [1.82, 2.24) is 0 Å². The molecule has 0 fully saturated rings. The molecule has 0 aromatic heterocycles. The first-order valence-corrected chi connectivity index (χ1v) is 6.08. The summed E-state index contributed by atoms with van der Waals surface area (Å²) in [5.41, 5.74) is 1.29. The summed E-state index contributed by atoms with van der Waals surface area (Å²) in [6.07, 6.45) is 0. The molecule has 92 valence electrons. The van der Waals surface area contributed by atoms with Gasteiger partial charge in [-0.3, -0.25) is 10.1 Å². The lowest BCUT2D eigenvalue weighted by atomic mass is 10.2. The van der Waals surface area contributed by atoms with Gasteiger partial charge in [0.05, 0.1) is 4.92 Å². The summed E-state index contributed by atoms with van der Waals surface area (Å²) in [6, 6.07) is 3.16. The Morgan fingerprint density at radius 1 is 1.65 bits per heavy atom. The van der Waals surface area contributed by atoms with Gasteiger partial charge >= 0.3 is 5.69 Å². The summed E-state index contributed by atoms with van der Waals surface area (Å²) in [7, 11) is 0. The van der Waals surface area contributed by atoms with Crippen LogP contribution in [0.1, 0.15) is 5.56 Å². The van der Waals surface area contributed by atoms with Crippen molar-refractivity contribution in [2.75, 3.05) is 12.5 Å². The van der Waals surface area contributed by atoms with E-state index >= 15 is 0 Å². The van der Waals surface area contributed by atoms with Gasteiger partial charge in [-0.15, -0.1) is 11.6 Å². The molecule has 0 amide bonds. The summed E-state index contributed by atoms with van der Waals surface area (Å²) in [5.74, 6) is 0.521. The smallest absolute Gasteiger partial charge is 0.312 e. The van der Waals surface area contributed by atoms with Crippen molar-refractivity contribution < 1.29 is 9.66 Å². The highest BCUT2D eigenvalue weighted by molar-refractivity contribution is 9.10. The lowest BCUT2D eigenvalue weighted by molar-refractivity contribution is -0.385. The van der Waals surface area contributed by atoms with E-state index in [1.54, 1.807) is 13.0 Å². The van der Waals surface area contributed by atoms with Crippen LogP contribution in [-0.4, -0.2) is 17.4 Å². The molecule has 1 aromatic carbocycles. The second kappa shape index (κ2) is 6.02. The van der Waals surface area contributed by atoms with Crippen molar-refractivity contribution in [2.45, 2.75) is 6.92 Å². The molecule has 0 radical (unpaired) electrons. The highest BCUT2D eigenvalue weighted by Crippen LogP contribution is 2.34. The maximum absolute atomic E-state index is 10.9. The van der Waals surface area contributed by atoms with Crippen LogP contribution in [-0.2, 0) is 0 Å². The first-order chi connectivity index (χ1) is 7.95. The summed E-state index contributed by atoms with van der Waals surface area (Å²) in [6.45, 7) is 5.59. The van der Waals surface area contributed by atoms with Crippen LogP contribution in [0.4, 0.5) is 5.69 Å². The number of benzene rings is 1. The van der Waals surface area contributed by atoms with Crippen molar-refractivity contribution in [1.29, 1.82) is 0 Å². The van der Waals surface area contributed by atoms with E-state index in [9.17, 15) is 10.1 Å². The van der Waals surface area contributed by atoms with Crippen molar-refractivity contribution in [3.05, 3.63) is 44.4 Å². The molecule has 1 rings (SSSR count). The monoisotopic (exact) mass is 319 g/mol. The van der Waals surface area contributed by atoms with E-state index in [1.165, 1.54) is 6.07 Å². The van der Waals surface area contributed by atoms with Gasteiger partial charge in [-0.05, 0) is 24.1 Å². The normalized spacial score (nSPS) is 10.1. The lowest BCUT2D eigenvalue weighted by Crippen LogP contribution is -2.05. The average Bonchev–Trinajstić information content (AvgIpc) is 2.26. The van der Waals surface area contributed by atoms with Crippen molar-refractivity contribution in [3.63, 3.8) is 0 Å². The van der Waals surface area contributed by atoms with Gasteiger partial charge in [-0.2, -0.15) is 0 Å². The predicted octanol–water partition coefficient (Wildman–Crippen LogP) is 3.84. The Bertz CT molecular complexity index is 462. The van der Waals surface area contributed by atoms with Crippen LogP contribution in [0.3, 0.4) is 0 Å². The Morgan fingerprint density at radius 2 is 2.29 bits per heavy atom. The molecular formula is C11H11BrClNO3. The summed E-state index contributed by atoms with van der Waals surface area (Å²) < 4.78 is 6.03. The summed E-state index contributed by atoms with van der Waals surface area (Å²) >= 11 is 8.78. The molecule has 6 heteroatoms. The molecule has 0 aliphatic carbocycles. The molecule has 0 aliphatic rings. The number of hydrogen-bond donors (Lipinski definition) is 0. The fourth-order valence-corrected chi connectivity index (χ4v) is 1.89. The number of alkyl halides is 1. The maximum Gasteiger partial charge on any atom is 0.312 e. The molecule has 0 saturated heterocycles. The summed E-state index contributed by atoms with van der Waals surface area (Å²) in [4.78, 5) is 10.4. The van der Waals surface area contributed by atoms with E-state index < -0.39 is 4.92 Å². The zero-order valence-electron chi connectivity index (χ0n) is 9.20. The van der Waals surface area contributed by atoms with Gasteiger partial charge in [-0.1, -0.05) is 22.5 Å². The van der Waals surface area contributed by atoms with Crippen LogP contribution in [0.25, 0.3) is 0 Å². The van der Waals surface area contributed by atoms with Crippen LogP contribution in [0.15, 0.2) is 28.8 Å². The zero-order chi connectivity index (χ0) is 13.0. The lowest BCUT2D eigenvalue weighted by Gasteiger charge is -2.10. The molecule has 0 saturated carbocycles. The van der Waals surface area contributed by atoms with Crippen LogP contribution in [0, 0.1) is 17.0 Å². The minimum atomic E-state index is -0.476. The van der Waals surface area contributed by atoms with E-state index in [1.807, 2.05) is 0 Å². The number of aryl methyl sites for hydroxylation is 1. The first kappa shape index (κ1) is 14.0. The molecule has 0 spiro atoms. The molecule has 0 aliphatic heterocycles. The molecule has 0 atom stereocenters. The van der Waals surface area contributed by atoms with Crippen LogP contribution in [0.2, 0.25) is 0 Å². The van der Waals surface area contributed by atoms with Gasteiger partial charge < -0.3 is 4.74 Å². The number of halogens is 2. The summed E-state index contributed by atoms with van der Waals surface area (Å²) in [5, 5.41) is 10.9. The number of nitrogens with zero attached hydrogens (tertiary/aromatic N) is 1. The zero-order valence-corrected chi connectivity index (χ0v) is 11.5. The van der Waals surface area contributed by atoms with Crippen molar-refractivity contribution in [2.24, 2.45) is 0 Å². The minimum absolute atomic E-state index is 0.0701. The molecule has 0 bridgehead atoms. The molecule has 4 nitrogen and oxygen atoms in total. The molecule has 0 unspecified atom stereocenters. The highest BCUT2D eigenvalue weighted by atomic mass is 79.9. The number of hydrogen-bond acceptors (Lipinski definition) is 3. The van der Waals surface area contributed by atoms with Crippen molar-refractivity contribution in [3.8, 4) is 5.75 Å². The average molecular weight is 321 g/mol. The van der Waals surface area contributed by atoms with E-state index in [-0.39, 0.29) is 23.9 Å². The molecule has 17 heavy (non-hydrogen) atoms. The Labute approximate surface area is 113 Å². The molecule has 0 N–H and O–H groups in total. The second-order valence-electron chi connectivity index (χ2n) is 3.50. The number of nitro groups is 1. The number of rotatable bonds is 5. The van der Waals surface area contributed by atoms with Gasteiger partial charge in [0.25, 0.3) is 0 Å².